The summed E-state index contributed by atoms with van der Waals surface area (Å²) < 4.78 is 0. The normalized spacial score (nSPS) is 9.91. The van der Waals surface area contributed by atoms with Gasteiger partial charge < -0.3 is 0 Å². The van der Waals surface area contributed by atoms with Crippen molar-refractivity contribution in [3.8, 4) is 0 Å². The van der Waals surface area contributed by atoms with Crippen LogP contribution in [0.3, 0.4) is 0 Å². The fourth-order valence-electron chi connectivity index (χ4n) is 1.25. The van der Waals surface area contributed by atoms with Gasteiger partial charge in [-0.3, -0.25) is 0 Å². The van der Waals surface area contributed by atoms with Gasteiger partial charge in [0.2, 0.25) is 0 Å². The molecule has 0 spiro atoms. The highest BCUT2D eigenvalue weighted by molar-refractivity contribution is 6.32. The average molecular weight is 146 g/mol. The Morgan fingerprint density at radius 1 is 1.36 bits per heavy atom. The maximum atomic E-state index is 2.27. The summed E-state index contributed by atoms with van der Waals surface area (Å²) in [6.07, 6.45) is 3.83. The molecule has 0 aromatic heterocycles. The van der Waals surface area contributed by atoms with Gasteiger partial charge in [-0.1, -0.05) is 43.1 Å². The SMILES string of the molecule is Bc1cccc(CCCC)c1. The molecule has 0 heterocycles. The number of hydrogen-bond donors (Lipinski definition) is 0. The van der Waals surface area contributed by atoms with Crippen LogP contribution in [0.4, 0.5) is 0 Å². The smallest absolute Gasteiger partial charge is 0.0887 e. The predicted molar refractivity (Wildman–Crippen MR) is 53.2 cm³/mol. The molecular weight excluding hydrogens is 131 g/mol. The molecule has 0 fully saturated rings. The van der Waals surface area contributed by atoms with Crippen LogP contribution >= 0.6 is 0 Å². The second kappa shape index (κ2) is 4.22. The summed E-state index contributed by atoms with van der Waals surface area (Å²) >= 11 is 0. The summed E-state index contributed by atoms with van der Waals surface area (Å²) in [5.41, 5.74) is 2.85. The fraction of sp³-hybridized carbons (Fsp3) is 0.400. The van der Waals surface area contributed by atoms with Gasteiger partial charge in [-0.15, -0.1) is 0 Å². The molecule has 1 heteroatoms. The largest absolute Gasteiger partial charge is 0.139 e. The lowest BCUT2D eigenvalue weighted by atomic mass is 9.93. The first-order valence-electron chi connectivity index (χ1n) is 4.38. The average Bonchev–Trinajstić information content (AvgIpc) is 2.01. The predicted octanol–water partition coefficient (Wildman–Crippen LogP) is 1.29. The Morgan fingerprint density at radius 2 is 2.18 bits per heavy atom. The molecule has 1 aromatic rings. The van der Waals surface area contributed by atoms with Crippen molar-refractivity contribution in [2.45, 2.75) is 26.2 Å². The Bertz CT molecular complexity index is 218. The second-order valence-corrected chi connectivity index (χ2v) is 3.09. The lowest BCUT2D eigenvalue weighted by Gasteiger charge is -1.99. The zero-order valence-electron chi connectivity index (χ0n) is 7.43. The van der Waals surface area contributed by atoms with Gasteiger partial charge in [0.15, 0.2) is 0 Å². The van der Waals surface area contributed by atoms with Crippen LogP contribution in [0.5, 0.6) is 0 Å². The van der Waals surface area contributed by atoms with E-state index in [1.165, 1.54) is 30.3 Å². The molecule has 1 rings (SSSR count). The highest BCUT2D eigenvalue weighted by Gasteiger charge is 1.90. The van der Waals surface area contributed by atoms with E-state index in [9.17, 15) is 0 Å². The van der Waals surface area contributed by atoms with Crippen molar-refractivity contribution >= 4 is 13.3 Å². The number of rotatable bonds is 3. The van der Waals surface area contributed by atoms with Gasteiger partial charge in [0.1, 0.15) is 7.85 Å². The first kappa shape index (κ1) is 8.38. The van der Waals surface area contributed by atoms with Crippen molar-refractivity contribution in [3.63, 3.8) is 0 Å². The van der Waals surface area contributed by atoms with E-state index in [1.54, 1.807) is 0 Å². The molecule has 0 atom stereocenters. The van der Waals surface area contributed by atoms with Crippen molar-refractivity contribution < 1.29 is 0 Å². The van der Waals surface area contributed by atoms with Crippen LogP contribution in [-0.2, 0) is 6.42 Å². The Labute approximate surface area is 70.0 Å². The molecule has 0 unspecified atom stereocenters. The molecule has 0 bridgehead atoms. The van der Waals surface area contributed by atoms with E-state index in [2.05, 4.69) is 39.0 Å². The van der Waals surface area contributed by atoms with Crippen molar-refractivity contribution in [2.24, 2.45) is 0 Å². The molecule has 58 valence electrons. The molecule has 0 saturated heterocycles. The van der Waals surface area contributed by atoms with Crippen molar-refractivity contribution in [3.05, 3.63) is 29.8 Å². The van der Waals surface area contributed by atoms with Gasteiger partial charge >= 0.3 is 0 Å². The van der Waals surface area contributed by atoms with E-state index in [0.29, 0.717) is 0 Å². The third kappa shape index (κ3) is 2.79. The minimum Gasteiger partial charge on any atom is -0.0887 e. The summed E-state index contributed by atoms with van der Waals surface area (Å²) in [4.78, 5) is 0. The molecular formula is C10H15B. The minimum atomic E-state index is 1.23. The van der Waals surface area contributed by atoms with Gasteiger partial charge in [0, 0.05) is 0 Å². The summed E-state index contributed by atoms with van der Waals surface area (Å²) in [7, 11) is 2.15. The zero-order valence-corrected chi connectivity index (χ0v) is 7.43. The lowest BCUT2D eigenvalue weighted by Crippen LogP contribution is -2.01. The highest BCUT2D eigenvalue weighted by Crippen LogP contribution is 2.01. The van der Waals surface area contributed by atoms with Crippen LogP contribution in [0.2, 0.25) is 0 Å². The van der Waals surface area contributed by atoms with Crippen molar-refractivity contribution in [1.29, 1.82) is 0 Å². The quantitative estimate of drug-likeness (QED) is 0.563. The molecule has 0 N–H and O–H groups in total. The van der Waals surface area contributed by atoms with Crippen LogP contribution in [0.25, 0.3) is 0 Å². The molecule has 0 radical (unpaired) electrons. The van der Waals surface area contributed by atoms with E-state index in [1.807, 2.05) is 0 Å². The van der Waals surface area contributed by atoms with Gasteiger partial charge in [0.25, 0.3) is 0 Å². The second-order valence-electron chi connectivity index (χ2n) is 3.09. The number of benzene rings is 1. The Hall–Kier alpha value is -0.715. The number of hydrogen-bond acceptors (Lipinski definition) is 0. The van der Waals surface area contributed by atoms with Crippen molar-refractivity contribution in [2.75, 3.05) is 0 Å². The van der Waals surface area contributed by atoms with Crippen molar-refractivity contribution in [1.82, 2.24) is 0 Å². The monoisotopic (exact) mass is 146 g/mol. The fourth-order valence-corrected chi connectivity index (χ4v) is 1.25. The van der Waals surface area contributed by atoms with E-state index in [0.717, 1.165) is 0 Å². The van der Waals surface area contributed by atoms with Gasteiger partial charge in [-0.25, -0.2) is 0 Å². The van der Waals surface area contributed by atoms with Gasteiger partial charge in [-0.05, 0) is 18.4 Å². The molecule has 0 aliphatic rings. The lowest BCUT2D eigenvalue weighted by molar-refractivity contribution is 0.795. The zero-order chi connectivity index (χ0) is 8.10. The van der Waals surface area contributed by atoms with E-state index >= 15 is 0 Å². The third-order valence-corrected chi connectivity index (χ3v) is 1.90. The van der Waals surface area contributed by atoms with Gasteiger partial charge in [-0.2, -0.15) is 0 Å². The molecule has 0 saturated carbocycles. The summed E-state index contributed by atoms with van der Waals surface area (Å²) in [5, 5.41) is 0. The Morgan fingerprint density at radius 3 is 2.82 bits per heavy atom. The molecule has 0 amide bonds. The van der Waals surface area contributed by atoms with Crippen LogP contribution in [0.15, 0.2) is 24.3 Å². The van der Waals surface area contributed by atoms with Crippen LogP contribution in [0, 0.1) is 0 Å². The minimum absolute atomic E-state index is 1.23. The molecule has 0 aliphatic heterocycles. The topological polar surface area (TPSA) is 0 Å². The van der Waals surface area contributed by atoms with Crippen LogP contribution < -0.4 is 5.46 Å². The summed E-state index contributed by atoms with van der Waals surface area (Å²) in [6, 6.07) is 8.77. The van der Waals surface area contributed by atoms with Gasteiger partial charge in [0.05, 0.1) is 0 Å². The Kier molecular flexibility index (Phi) is 3.22. The van der Waals surface area contributed by atoms with E-state index in [-0.39, 0.29) is 0 Å². The maximum absolute atomic E-state index is 2.27. The summed E-state index contributed by atoms with van der Waals surface area (Å²) in [6.45, 7) is 2.23. The number of aryl methyl sites for hydroxylation is 1. The number of unbranched alkanes of at least 4 members (excludes halogenated alkanes) is 1. The van der Waals surface area contributed by atoms with E-state index in [4.69, 9.17) is 0 Å². The molecule has 1 aromatic carbocycles. The Balaban J connectivity index is 2.56. The third-order valence-electron chi connectivity index (χ3n) is 1.90. The first-order valence-corrected chi connectivity index (χ1v) is 4.38. The first-order chi connectivity index (χ1) is 5.33. The molecule has 0 aliphatic carbocycles. The summed E-state index contributed by atoms with van der Waals surface area (Å²) in [5.74, 6) is 0. The molecule has 0 nitrogen and oxygen atoms in total. The van der Waals surface area contributed by atoms with Crippen LogP contribution in [-0.4, -0.2) is 7.85 Å². The molecule has 11 heavy (non-hydrogen) atoms. The van der Waals surface area contributed by atoms with Crippen LogP contribution in [0.1, 0.15) is 25.3 Å². The highest BCUT2D eigenvalue weighted by atomic mass is 13.9. The maximum Gasteiger partial charge on any atom is 0.139 e. The van der Waals surface area contributed by atoms with E-state index < -0.39 is 0 Å². The standard InChI is InChI=1S/C10H15B/c1-2-3-5-9-6-4-7-10(11)8-9/h4,6-8H,2-3,5,11H2,1H3.